The van der Waals surface area contributed by atoms with E-state index < -0.39 is 0 Å². The average molecular weight is 182 g/mol. The fourth-order valence-corrected chi connectivity index (χ4v) is 2.98. The maximum Gasteiger partial charge on any atom is 0.0797 e. The molecule has 0 fully saturated rings. The minimum atomic E-state index is 0.523. The van der Waals surface area contributed by atoms with Crippen LogP contribution in [0, 0.1) is 5.92 Å². The van der Waals surface area contributed by atoms with Gasteiger partial charge in [-0.1, -0.05) is 6.92 Å². The Morgan fingerprint density at radius 1 is 1.75 bits per heavy atom. The van der Waals surface area contributed by atoms with Crippen LogP contribution in [0.4, 0.5) is 0 Å². The van der Waals surface area contributed by atoms with Crippen molar-refractivity contribution in [2.24, 2.45) is 11.7 Å². The van der Waals surface area contributed by atoms with E-state index in [1.54, 1.807) is 11.3 Å². The van der Waals surface area contributed by atoms with Crippen LogP contribution in [-0.4, -0.2) is 11.5 Å². The van der Waals surface area contributed by atoms with Crippen molar-refractivity contribution in [2.75, 3.05) is 6.54 Å². The van der Waals surface area contributed by atoms with Crippen molar-refractivity contribution in [1.29, 1.82) is 0 Å². The lowest BCUT2D eigenvalue weighted by molar-refractivity contribution is 0.434. The third-order valence-corrected chi connectivity index (χ3v) is 3.44. The predicted octanol–water partition coefficient (Wildman–Crippen LogP) is 1.77. The summed E-state index contributed by atoms with van der Waals surface area (Å²) in [6.07, 6.45) is 2.42. The van der Waals surface area contributed by atoms with Gasteiger partial charge in [-0.2, -0.15) is 0 Å². The van der Waals surface area contributed by atoms with E-state index in [1.165, 1.54) is 23.4 Å². The number of thiazole rings is 1. The maximum atomic E-state index is 5.70. The minimum Gasteiger partial charge on any atom is -0.330 e. The standard InChI is InChI=1S/C9H14N2S/c1-6-2-7(4-10)9-8(3-6)12-5-11-9/h5-7H,2-4,10H2,1H3. The number of fused-ring (bicyclic) bond motifs is 1. The van der Waals surface area contributed by atoms with Gasteiger partial charge in [0.05, 0.1) is 11.2 Å². The van der Waals surface area contributed by atoms with Gasteiger partial charge in [0.1, 0.15) is 0 Å². The molecule has 0 amide bonds. The minimum absolute atomic E-state index is 0.523. The Morgan fingerprint density at radius 2 is 2.58 bits per heavy atom. The highest BCUT2D eigenvalue weighted by molar-refractivity contribution is 7.09. The van der Waals surface area contributed by atoms with Crippen molar-refractivity contribution in [3.05, 3.63) is 16.1 Å². The van der Waals surface area contributed by atoms with E-state index >= 15 is 0 Å². The Kier molecular flexibility index (Phi) is 2.15. The second kappa shape index (κ2) is 3.15. The summed E-state index contributed by atoms with van der Waals surface area (Å²) in [5, 5.41) is 0. The van der Waals surface area contributed by atoms with Crippen LogP contribution in [0.25, 0.3) is 0 Å². The van der Waals surface area contributed by atoms with Gasteiger partial charge < -0.3 is 5.73 Å². The quantitative estimate of drug-likeness (QED) is 0.719. The molecular formula is C9H14N2S. The Balaban J connectivity index is 2.31. The van der Waals surface area contributed by atoms with Gasteiger partial charge in [-0.25, -0.2) is 4.98 Å². The molecule has 1 aromatic rings. The van der Waals surface area contributed by atoms with E-state index in [1.807, 2.05) is 5.51 Å². The fraction of sp³-hybridized carbons (Fsp3) is 0.667. The zero-order valence-electron chi connectivity index (χ0n) is 7.29. The van der Waals surface area contributed by atoms with E-state index in [0.29, 0.717) is 5.92 Å². The van der Waals surface area contributed by atoms with E-state index in [9.17, 15) is 0 Å². The lowest BCUT2D eigenvalue weighted by atomic mass is 9.84. The van der Waals surface area contributed by atoms with Gasteiger partial charge in [0.15, 0.2) is 0 Å². The molecule has 2 atom stereocenters. The summed E-state index contributed by atoms with van der Waals surface area (Å²) in [6, 6.07) is 0. The summed E-state index contributed by atoms with van der Waals surface area (Å²) >= 11 is 1.78. The first-order chi connectivity index (χ1) is 5.81. The van der Waals surface area contributed by atoms with Crippen LogP contribution >= 0.6 is 11.3 Å². The van der Waals surface area contributed by atoms with Crippen LogP contribution in [0.15, 0.2) is 5.51 Å². The molecule has 0 aromatic carbocycles. The number of rotatable bonds is 1. The van der Waals surface area contributed by atoms with E-state index in [-0.39, 0.29) is 0 Å². The topological polar surface area (TPSA) is 38.9 Å². The molecule has 2 N–H and O–H groups in total. The number of nitrogens with zero attached hydrogens (tertiary/aromatic N) is 1. The fourth-order valence-electron chi connectivity index (χ4n) is 1.97. The zero-order chi connectivity index (χ0) is 8.55. The molecule has 1 aliphatic carbocycles. The molecule has 12 heavy (non-hydrogen) atoms. The molecule has 1 aromatic heterocycles. The van der Waals surface area contributed by atoms with Crippen molar-refractivity contribution in [2.45, 2.75) is 25.7 Å². The third-order valence-electron chi connectivity index (χ3n) is 2.56. The van der Waals surface area contributed by atoms with E-state index in [0.717, 1.165) is 12.5 Å². The van der Waals surface area contributed by atoms with Crippen LogP contribution in [0.2, 0.25) is 0 Å². The monoisotopic (exact) mass is 182 g/mol. The van der Waals surface area contributed by atoms with E-state index in [2.05, 4.69) is 11.9 Å². The van der Waals surface area contributed by atoms with Crippen molar-refractivity contribution in [1.82, 2.24) is 4.98 Å². The first-order valence-corrected chi connectivity index (χ1v) is 5.31. The molecule has 0 saturated heterocycles. The van der Waals surface area contributed by atoms with Crippen LogP contribution in [0.3, 0.4) is 0 Å². The summed E-state index contributed by atoms with van der Waals surface area (Å²) in [4.78, 5) is 5.84. The number of hydrogen-bond acceptors (Lipinski definition) is 3. The molecule has 0 radical (unpaired) electrons. The average Bonchev–Trinajstić information content (AvgIpc) is 2.50. The smallest absolute Gasteiger partial charge is 0.0797 e. The first kappa shape index (κ1) is 8.20. The molecule has 1 aliphatic rings. The Bertz CT molecular complexity index is 269. The third kappa shape index (κ3) is 1.27. The van der Waals surface area contributed by atoms with Gasteiger partial charge in [0.2, 0.25) is 0 Å². The molecular weight excluding hydrogens is 168 g/mol. The summed E-state index contributed by atoms with van der Waals surface area (Å²) in [5.41, 5.74) is 8.93. The first-order valence-electron chi connectivity index (χ1n) is 4.43. The highest BCUT2D eigenvalue weighted by atomic mass is 32.1. The lowest BCUT2D eigenvalue weighted by Gasteiger charge is -2.24. The number of aromatic nitrogens is 1. The highest BCUT2D eigenvalue weighted by Crippen LogP contribution is 2.34. The molecule has 1 heterocycles. The van der Waals surface area contributed by atoms with Crippen molar-refractivity contribution < 1.29 is 0 Å². The van der Waals surface area contributed by atoms with Gasteiger partial charge in [-0.3, -0.25) is 0 Å². The van der Waals surface area contributed by atoms with Gasteiger partial charge in [-0.05, 0) is 18.8 Å². The van der Waals surface area contributed by atoms with Crippen LogP contribution < -0.4 is 5.73 Å². The highest BCUT2D eigenvalue weighted by Gasteiger charge is 2.25. The summed E-state index contributed by atoms with van der Waals surface area (Å²) in [5.74, 6) is 1.31. The van der Waals surface area contributed by atoms with Crippen LogP contribution in [0.1, 0.15) is 29.8 Å². The summed E-state index contributed by atoms with van der Waals surface area (Å²) in [6.45, 7) is 3.05. The normalized spacial score (nSPS) is 28.5. The van der Waals surface area contributed by atoms with Gasteiger partial charge >= 0.3 is 0 Å². The second-order valence-electron chi connectivity index (χ2n) is 3.64. The Labute approximate surface area is 76.8 Å². The molecule has 0 spiro atoms. The summed E-state index contributed by atoms with van der Waals surface area (Å²) in [7, 11) is 0. The summed E-state index contributed by atoms with van der Waals surface area (Å²) < 4.78 is 0. The van der Waals surface area contributed by atoms with Crippen molar-refractivity contribution in [3.63, 3.8) is 0 Å². The van der Waals surface area contributed by atoms with Gasteiger partial charge in [-0.15, -0.1) is 11.3 Å². The van der Waals surface area contributed by atoms with E-state index in [4.69, 9.17) is 5.73 Å². The molecule has 3 heteroatoms. The molecule has 0 bridgehead atoms. The van der Waals surface area contributed by atoms with Crippen LogP contribution in [-0.2, 0) is 6.42 Å². The Morgan fingerprint density at radius 3 is 3.33 bits per heavy atom. The largest absolute Gasteiger partial charge is 0.330 e. The SMILES string of the molecule is CC1Cc2scnc2C(CN)C1. The number of hydrogen-bond donors (Lipinski definition) is 1. The molecule has 2 rings (SSSR count). The Hall–Kier alpha value is -0.410. The molecule has 0 aliphatic heterocycles. The van der Waals surface area contributed by atoms with Crippen molar-refractivity contribution >= 4 is 11.3 Å². The number of nitrogens with two attached hydrogens (primary N) is 1. The second-order valence-corrected chi connectivity index (χ2v) is 4.58. The van der Waals surface area contributed by atoms with Crippen molar-refractivity contribution in [3.8, 4) is 0 Å². The zero-order valence-corrected chi connectivity index (χ0v) is 8.10. The van der Waals surface area contributed by atoms with Gasteiger partial charge in [0.25, 0.3) is 0 Å². The van der Waals surface area contributed by atoms with Gasteiger partial charge in [0, 0.05) is 17.3 Å². The predicted molar refractivity (Wildman–Crippen MR) is 51.4 cm³/mol. The molecule has 2 nitrogen and oxygen atoms in total. The lowest BCUT2D eigenvalue weighted by Crippen LogP contribution is -2.22. The molecule has 2 unspecified atom stereocenters. The molecule has 0 saturated carbocycles. The van der Waals surface area contributed by atoms with Crippen LogP contribution in [0.5, 0.6) is 0 Å². The maximum absolute atomic E-state index is 5.70. The molecule has 66 valence electrons.